The van der Waals surface area contributed by atoms with Crippen LogP contribution in [0.2, 0.25) is 0 Å². The van der Waals surface area contributed by atoms with E-state index in [0.29, 0.717) is 0 Å². The van der Waals surface area contributed by atoms with Crippen LogP contribution in [0, 0.1) is 0 Å². The summed E-state index contributed by atoms with van der Waals surface area (Å²) in [6, 6.07) is 18.3. The van der Waals surface area contributed by atoms with Crippen LogP contribution in [0.5, 0.6) is 0 Å². The van der Waals surface area contributed by atoms with Crippen molar-refractivity contribution in [1.29, 1.82) is 0 Å². The molecule has 0 aromatic heterocycles. The lowest BCUT2D eigenvalue weighted by molar-refractivity contribution is -0.113. The molecule has 2 nitrogen and oxygen atoms in total. The molecule has 0 unspecified atom stereocenters. The number of carbonyl (C=O) groups excluding carboxylic acids is 1. The zero-order valence-corrected chi connectivity index (χ0v) is 9.71. The van der Waals surface area contributed by atoms with E-state index in [1.54, 1.807) is 6.08 Å². The monoisotopic (exact) mass is 233 g/mol. The third-order valence-corrected chi connectivity index (χ3v) is 2.90. The van der Waals surface area contributed by atoms with Crippen LogP contribution in [0.25, 0.3) is 11.1 Å². The summed E-state index contributed by atoms with van der Waals surface area (Å²) in [5, 5.41) is 0. The first kappa shape index (κ1) is 10.7. The number of carbonyl (C=O) groups is 1. The zero-order chi connectivity index (χ0) is 12.4. The second kappa shape index (κ2) is 4.41. The van der Waals surface area contributed by atoms with E-state index >= 15 is 0 Å². The highest BCUT2D eigenvalue weighted by Gasteiger charge is 2.08. The zero-order valence-electron chi connectivity index (χ0n) is 9.71. The van der Waals surface area contributed by atoms with Crippen molar-refractivity contribution >= 4 is 11.6 Å². The molecular formula is C16H11NO. The maximum absolute atomic E-state index is 11.0. The number of allylic oxidation sites excluding steroid dienone is 1. The highest BCUT2D eigenvalue weighted by molar-refractivity contribution is 6.20. The van der Waals surface area contributed by atoms with Gasteiger partial charge in [0.1, 0.15) is 0 Å². The van der Waals surface area contributed by atoms with Crippen LogP contribution in [0.4, 0.5) is 0 Å². The number of rotatable bonds is 2. The van der Waals surface area contributed by atoms with E-state index in [4.69, 9.17) is 0 Å². The fourth-order valence-corrected chi connectivity index (χ4v) is 1.97. The summed E-state index contributed by atoms with van der Waals surface area (Å²) < 4.78 is 0. The molecule has 0 spiro atoms. The number of amides is 1. The van der Waals surface area contributed by atoms with E-state index in [2.05, 4.69) is 17.1 Å². The Morgan fingerprint density at radius 2 is 1.28 bits per heavy atom. The van der Waals surface area contributed by atoms with Gasteiger partial charge in [0.15, 0.2) is 0 Å². The average molecular weight is 233 g/mol. The van der Waals surface area contributed by atoms with Crippen LogP contribution in [0.1, 0.15) is 5.56 Å². The predicted octanol–water partition coefficient (Wildman–Crippen LogP) is 3.24. The van der Waals surface area contributed by atoms with Crippen molar-refractivity contribution in [2.75, 3.05) is 0 Å². The summed E-state index contributed by atoms with van der Waals surface area (Å²) in [7, 11) is 0. The molecular weight excluding hydrogens is 222 g/mol. The molecule has 2 aromatic carbocycles. The Morgan fingerprint density at radius 1 is 0.667 bits per heavy atom. The molecule has 1 heterocycles. The standard InChI is InChI=1S/C16H11NO/c18-16-11-10-15(17-16)14-8-6-13(7-9-14)12-4-2-1-3-5-12/h1-11H. The first-order valence-electron chi connectivity index (χ1n) is 5.79. The summed E-state index contributed by atoms with van der Waals surface area (Å²) in [5.41, 5.74) is 4.05. The van der Waals surface area contributed by atoms with Gasteiger partial charge >= 0.3 is 0 Å². The van der Waals surface area contributed by atoms with E-state index in [9.17, 15) is 4.79 Å². The van der Waals surface area contributed by atoms with Gasteiger partial charge in [0, 0.05) is 11.6 Å². The minimum absolute atomic E-state index is 0.183. The summed E-state index contributed by atoms with van der Waals surface area (Å²) in [6.45, 7) is 0. The largest absolute Gasteiger partial charge is 0.270 e. The van der Waals surface area contributed by atoms with Crippen LogP contribution in [-0.4, -0.2) is 11.6 Å². The van der Waals surface area contributed by atoms with Gasteiger partial charge in [0.05, 0.1) is 5.71 Å². The van der Waals surface area contributed by atoms with Gasteiger partial charge < -0.3 is 0 Å². The van der Waals surface area contributed by atoms with Crippen molar-refractivity contribution < 1.29 is 4.79 Å². The van der Waals surface area contributed by atoms with Gasteiger partial charge in [0.25, 0.3) is 5.91 Å². The normalized spacial score (nSPS) is 13.8. The Labute approximate surface area is 105 Å². The van der Waals surface area contributed by atoms with Crippen molar-refractivity contribution in [1.82, 2.24) is 0 Å². The molecule has 18 heavy (non-hydrogen) atoms. The Morgan fingerprint density at radius 3 is 1.89 bits per heavy atom. The van der Waals surface area contributed by atoms with Crippen LogP contribution < -0.4 is 0 Å². The Kier molecular flexibility index (Phi) is 2.61. The van der Waals surface area contributed by atoms with Crippen molar-refractivity contribution in [3.63, 3.8) is 0 Å². The third kappa shape index (κ3) is 2.00. The molecule has 0 fully saturated rings. The summed E-state index contributed by atoms with van der Waals surface area (Å²) in [6.07, 6.45) is 3.24. The number of hydrogen-bond acceptors (Lipinski definition) is 1. The minimum Gasteiger partial charge on any atom is -0.267 e. The number of nitrogens with zero attached hydrogens (tertiary/aromatic N) is 1. The maximum atomic E-state index is 11.0. The molecule has 0 saturated carbocycles. The van der Waals surface area contributed by atoms with Gasteiger partial charge in [-0.15, -0.1) is 0 Å². The molecule has 0 atom stereocenters. The maximum Gasteiger partial charge on any atom is 0.270 e. The van der Waals surface area contributed by atoms with Crippen LogP contribution in [-0.2, 0) is 4.79 Å². The summed E-state index contributed by atoms with van der Waals surface area (Å²) in [5.74, 6) is -0.183. The molecule has 86 valence electrons. The van der Waals surface area contributed by atoms with Gasteiger partial charge in [-0.2, -0.15) is 0 Å². The molecule has 2 heteroatoms. The molecule has 3 rings (SSSR count). The van der Waals surface area contributed by atoms with Gasteiger partial charge in [-0.05, 0) is 17.2 Å². The van der Waals surface area contributed by atoms with Gasteiger partial charge in [-0.25, -0.2) is 4.99 Å². The van der Waals surface area contributed by atoms with E-state index in [-0.39, 0.29) is 5.91 Å². The van der Waals surface area contributed by atoms with Crippen molar-refractivity contribution in [3.05, 3.63) is 72.3 Å². The summed E-state index contributed by atoms with van der Waals surface area (Å²) >= 11 is 0. The van der Waals surface area contributed by atoms with Gasteiger partial charge in [0.2, 0.25) is 0 Å². The van der Waals surface area contributed by atoms with E-state index in [1.165, 1.54) is 11.6 Å². The van der Waals surface area contributed by atoms with Crippen LogP contribution in [0.3, 0.4) is 0 Å². The van der Waals surface area contributed by atoms with E-state index in [1.807, 2.05) is 42.5 Å². The SMILES string of the molecule is O=C1C=CC(c2ccc(-c3ccccc3)cc2)=N1. The molecule has 1 aliphatic rings. The number of aliphatic imine (C=N–C) groups is 1. The second-order valence-corrected chi connectivity index (χ2v) is 4.11. The first-order valence-corrected chi connectivity index (χ1v) is 5.79. The lowest BCUT2D eigenvalue weighted by atomic mass is 10.0. The molecule has 0 aliphatic carbocycles. The van der Waals surface area contributed by atoms with Crippen LogP contribution in [0.15, 0.2) is 71.7 Å². The van der Waals surface area contributed by atoms with Gasteiger partial charge in [-0.1, -0.05) is 54.6 Å². The van der Waals surface area contributed by atoms with Crippen molar-refractivity contribution in [2.24, 2.45) is 4.99 Å². The van der Waals surface area contributed by atoms with E-state index < -0.39 is 0 Å². The predicted molar refractivity (Wildman–Crippen MR) is 72.6 cm³/mol. The third-order valence-electron chi connectivity index (χ3n) is 2.90. The average Bonchev–Trinajstić information content (AvgIpc) is 2.87. The Hall–Kier alpha value is -2.48. The molecule has 1 amide bonds. The number of benzene rings is 2. The molecule has 0 radical (unpaired) electrons. The van der Waals surface area contributed by atoms with E-state index in [0.717, 1.165) is 16.8 Å². The fraction of sp³-hybridized carbons (Fsp3) is 0. The fourth-order valence-electron chi connectivity index (χ4n) is 1.97. The molecule has 0 N–H and O–H groups in total. The molecule has 1 aliphatic heterocycles. The summed E-state index contributed by atoms with van der Waals surface area (Å²) in [4.78, 5) is 15.0. The van der Waals surface area contributed by atoms with Crippen LogP contribution >= 0.6 is 0 Å². The minimum atomic E-state index is -0.183. The molecule has 2 aromatic rings. The topological polar surface area (TPSA) is 29.4 Å². The molecule has 0 saturated heterocycles. The highest BCUT2D eigenvalue weighted by atomic mass is 16.1. The smallest absolute Gasteiger partial charge is 0.267 e. The second-order valence-electron chi connectivity index (χ2n) is 4.11. The lowest BCUT2D eigenvalue weighted by Gasteiger charge is -2.03. The molecule has 0 bridgehead atoms. The number of hydrogen-bond donors (Lipinski definition) is 0. The van der Waals surface area contributed by atoms with Crippen molar-refractivity contribution in [3.8, 4) is 11.1 Å². The quantitative estimate of drug-likeness (QED) is 0.783. The Balaban J connectivity index is 1.93. The highest BCUT2D eigenvalue weighted by Crippen LogP contribution is 2.20. The Bertz CT molecular complexity index is 637. The van der Waals surface area contributed by atoms with Crippen molar-refractivity contribution in [2.45, 2.75) is 0 Å². The lowest BCUT2D eigenvalue weighted by Crippen LogP contribution is -1.94. The van der Waals surface area contributed by atoms with Gasteiger partial charge in [-0.3, -0.25) is 4.79 Å². The first-order chi connectivity index (χ1) is 8.83.